The summed E-state index contributed by atoms with van der Waals surface area (Å²) in [5, 5.41) is 13.6. The highest BCUT2D eigenvalue weighted by atomic mass is 16.4. The molecule has 2 rings (SSSR count). The van der Waals surface area contributed by atoms with Crippen molar-refractivity contribution in [2.24, 2.45) is 5.92 Å². The normalized spacial score (nSPS) is 22.8. The van der Waals surface area contributed by atoms with Crippen LogP contribution >= 0.6 is 0 Å². The summed E-state index contributed by atoms with van der Waals surface area (Å²) in [7, 11) is 0. The monoisotopic (exact) mass is 279 g/mol. The molecule has 1 aliphatic rings. The van der Waals surface area contributed by atoms with Gasteiger partial charge in [0.2, 0.25) is 5.91 Å². The number of hydrogen-bond acceptors (Lipinski definition) is 3. The molecule has 0 bridgehead atoms. The van der Waals surface area contributed by atoms with Crippen LogP contribution in [-0.4, -0.2) is 38.2 Å². The Morgan fingerprint density at radius 3 is 2.75 bits per heavy atom. The zero-order valence-electron chi connectivity index (χ0n) is 12.1. The largest absolute Gasteiger partial charge is 0.481 e. The molecular weight excluding hydrogens is 258 g/mol. The molecular formula is C14H21N3O3. The van der Waals surface area contributed by atoms with E-state index in [4.69, 9.17) is 0 Å². The summed E-state index contributed by atoms with van der Waals surface area (Å²) >= 11 is 0. The molecule has 110 valence electrons. The molecule has 2 heterocycles. The van der Waals surface area contributed by atoms with Gasteiger partial charge in [0.1, 0.15) is 0 Å². The van der Waals surface area contributed by atoms with Crippen molar-refractivity contribution in [3.63, 3.8) is 0 Å². The van der Waals surface area contributed by atoms with Crippen LogP contribution in [0.2, 0.25) is 0 Å². The molecule has 20 heavy (non-hydrogen) atoms. The van der Waals surface area contributed by atoms with Crippen molar-refractivity contribution in [2.75, 3.05) is 6.54 Å². The van der Waals surface area contributed by atoms with Crippen molar-refractivity contribution in [3.8, 4) is 0 Å². The summed E-state index contributed by atoms with van der Waals surface area (Å²) in [5.41, 5.74) is 0.811. The van der Waals surface area contributed by atoms with E-state index in [1.165, 1.54) is 0 Å². The minimum atomic E-state index is -0.917. The number of likely N-dealkylation sites (tertiary alicyclic amines) is 1. The predicted octanol–water partition coefficient (Wildman–Crippen LogP) is 1.85. The third-order valence-corrected chi connectivity index (χ3v) is 3.71. The van der Waals surface area contributed by atoms with Crippen LogP contribution in [0.4, 0.5) is 0 Å². The molecule has 1 aromatic heterocycles. The highest BCUT2D eigenvalue weighted by Gasteiger charge is 2.44. The molecule has 0 spiro atoms. The van der Waals surface area contributed by atoms with Crippen LogP contribution in [0, 0.1) is 5.92 Å². The van der Waals surface area contributed by atoms with Gasteiger partial charge >= 0.3 is 5.97 Å². The van der Waals surface area contributed by atoms with Crippen LogP contribution in [0.1, 0.15) is 51.3 Å². The third-order valence-electron chi connectivity index (χ3n) is 3.71. The average molecular weight is 279 g/mol. The maximum atomic E-state index is 12.0. The molecule has 0 radical (unpaired) electrons. The number of carboxylic acid groups (broad SMARTS) is 1. The first-order valence-electron chi connectivity index (χ1n) is 7.02. The first-order valence-corrected chi connectivity index (χ1v) is 7.02. The molecule has 6 nitrogen and oxygen atoms in total. The Bertz CT molecular complexity index is 510. The molecule has 1 saturated heterocycles. The van der Waals surface area contributed by atoms with Gasteiger partial charge in [0.25, 0.3) is 0 Å². The van der Waals surface area contributed by atoms with E-state index in [2.05, 4.69) is 5.10 Å². The number of carbonyl (C=O) groups is 2. The Balaban J connectivity index is 2.35. The smallest absolute Gasteiger partial charge is 0.309 e. The van der Waals surface area contributed by atoms with E-state index in [0.29, 0.717) is 6.54 Å². The van der Waals surface area contributed by atoms with Gasteiger partial charge in [-0.15, -0.1) is 0 Å². The Morgan fingerprint density at radius 1 is 1.55 bits per heavy atom. The Morgan fingerprint density at radius 2 is 2.25 bits per heavy atom. The fourth-order valence-corrected chi connectivity index (χ4v) is 2.72. The lowest BCUT2D eigenvalue weighted by Crippen LogP contribution is -2.31. The first kappa shape index (κ1) is 14.6. The fraction of sp³-hybridized carbons (Fsp3) is 0.643. The molecule has 2 unspecified atom stereocenters. The number of nitrogens with zero attached hydrogens (tertiary/aromatic N) is 3. The van der Waals surface area contributed by atoms with E-state index in [1.807, 2.05) is 27.0 Å². The summed E-state index contributed by atoms with van der Waals surface area (Å²) in [6.45, 7) is 6.58. The van der Waals surface area contributed by atoms with Crippen LogP contribution in [-0.2, 0) is 9.59 Å². The number of aliphatic carboxylic acids is 1. The highest BCUT2D eigenvalue weighted by Crippen LogP contribution is 2.38. The van der Waals surface area contributed by atoms with Crippen molar-refractivity contribution in [2.45, 2.75) is 45.7 Å². The quantitative estimate of drug-likeness (QED) is 0.892. The lowest BCUT2D eigenvalue weighted by molar-refractivity contribution is -0.142. The summed E-state index contributed by atoms with van der Waals surface area (Å²) in [5.74, 6) is -1.68. The zero-order valence-corrected chi connectivity index (χ0v) is 12.1. The molecule has 1 aliphatic heterocycles. The Hall–Kier alpha value is -1.85. The van der Waals surface area contributed by atoms with Gasteiger partial charge in [-0.1, -0.05) is 6.92 Å². The van der Waals surface area contributed by atoms with Crippen LogP contribution in [0.25, 0.3) is 0 Å². The number of carboxylic acids is 1. The zero-order chi connectivity index (χ0) is 14.9. The average Bonchev–Trinajstić information content (AvgIpc) is 2.95. The topological polar surface area (TPSA) is 75.4 Å². The van der Waals surface area contributed by atoms with Crippen molar-refractivity contribution < 1.29 is 14.7 Å². The van der Waals surface area contributed by atoms with Gasteiger partial charge in [0, 0.05) is 30.8 Å². The van der Waals surface area contributed by atoms with Crippen molar-refractivity contribution in [1.82, 2.24) is 14.7 Å². The highest BCUT2D eigenvalue weighted by molar-refractivity contribution is 5.87. The van der Waals surface area contributed by atoms with Gasteiger partial charge in [0.05, 0.1) is 18.2 Å². The maximum Gasteiger partial charge on any atom is 0.309 e. The van der Waals surface area contributed by atoms with Gasteiger partial charge in [0.15, 0.2) is 0 Å². The molecule has 0 saturated carbocycles. The van der Waals surface area contributed by atoms with Crippen LogP contribution in [0.15, 0.2) is 12.4 Å². The summed E-state index contributed by atoms with van der Waals surface area (Å²) in [6, 6.07) is -0.184. The van der Waals surface area contributed by atoms with Crippen molar-refractivity contribution in [1.29, 1.82) is 0 Å². The van der Waals surface area contributed by atoms with Crippen LogP contribution in [0.3, 0.4) is 0 Å². The molecule has 0 aromatic carbocycles. The summed E-state index contributed by atoms with van der Waals surface area (Å²) in [4.78, 5) is 25.1. The summed E-state index contributed by atoms with van der Waals surface area (Å²) < 4.78 is 1.79. The van der Waals surface area contributed by atoms with Gasteiger partial charge in [-0.3, -0.25) is 14.3 Å². The molecule has 6 heteroatoms. The first-order chi connectivity index (χ1) is 9.45. The van der Waals surface area contributed by atoms with E-state index in [-0.39, 0.29) is 18.4 Å². The molecule has 1 amide bonds. The standard InChI is InChI=1S/C14H21N3O3/c1-4-5-16-12(18)6-11(14(19)20)13(16)10-7-15-17(8-10)9(2)3/h7-9,11,13H,4-6H2,1-3H3,(H,19,20). The summed E-state index contributed by atoms with van der Waals surface area (Å²) in [6.07, 6.45) is 4.42. The van der Waals surface area contributed by atoms with E-state index < -0.39 is 17.9 Å². The maximum absolute atomic E-state index is 12.0. The molecule has 1 aromatic rings. The number of rotatable bonds is 5. The van der Waals surface area contributed by atoms with Gasteiger partial charge in [-0.25, -0.2) is 0 Å². The van der Waals surface area contributed by atoms with Gasteiger partial charge in [-0.2, -0.15) is 5.10 Å². The SMILES string of the molecule is CCCN1C(=O)CC(C(=O)O)C1c1cnn(C(C)C)c1. The second kappa shape index (κ2) is 5.64. The number of aromatic nitrogens is 2. The molecule has 1 N–H and O–H groups in total. The lowest BCUT2D eigenvalue weighted by Gasteiger charge is -2.25. The number of carbonyl (C=O) groups excluding carboxylic acids is 1. The minimum Gasteiger partial charge on any atom is -0.481 e. The lowest BCUT2D eigenvalue weighted by atomic mass is 9.96. The molecule has 1 fully saturated rings. The predicted molar refractivity (Wildman–Crippen MR) is 73.1 cm³/mol. The fourth-order valence-electron chi connectivity index (χ4n) is 2.72. The Labute approximate surface area is 118 Å². The van der Waals surface area contributed by atoms with Crippen molar-refractivity contribution in [3.05, 3.63) is 18.0 Å². The van der Waals surface area contributed by atoms with Crippen molar-refractivity contribution >= 4 is 11.9 Å². The number of amides is 1. The van der Waals surface area contributed by atoms with Gasteiger partial charge < -0.3 is 10.0 Å². The third kappa shape index (κ3) is 2.55. The van der Waals surface area contributed by atoms with E-state index in [9.17, 15) is 14.7 Å². The van der Waals surface area contributed by atoms with E-state index in [1.54, 1.807) is 15.8 Å². The van der Waals surface area contributed by atoms with Crippen LogP contribution in [0.5, 0.6) is 0 Å². The second-order valence-corrected chi connectivity index (χ2v) is 5.53. The van der Waals surface area contributed by atoms with E-state index in [0.717, 1.165) is 12.0 Å². The molecule has 0 aliphatic carbocycles. The van der Waals surface area contributed by atoms with Crippen LogP contribution < -0.4 is 0 Å². The molecule has 2 atom stereocenters. The van der Waals surface area contributed by atoms with Gasteiger partial charge in [-0.05, 0) is 20.3 Å². The minimum absolute atomic E-state index is 0.0762. The van der Waals surface area contributed by atoms with E-state index >= 15 is 0 Å². The number of hydrogen-bond donors (Lipinski definition) is 1. The second-order valence-electron chi connectivity index (χ2n) is 5.53. The Kier molecular flexibility index (Phi) is 4.11.